The SMILES string of the molecule is Fc1cccc2ncc3c(c12)-c1cnc(C(F)(F)F)nc1C3. The maximum atomic E-state index is 14.1. The van der Waals surface area contributed by atoms with Crippen molar-refractivity contribution >= 4 is 10.9 Å². The number of alkyl halides is 3. The molecule has 0 aliphatic heterocycles. The van der Waals surface area contributed by atoms with Crippen molar-refractivity contribution in [3.8, 4) is 11.1 Å². The van der Waals surface area contributed by atoms with E-state index in [2.05, 4.69) is 15.0 Å². The molecule has 0 N–H and O–H groups in total. The zero-order valence-corrected chi connectivity index (χ0v) is 10.9. The van der Waals surface area contributed by atoms with Gasteiger partial charge in [0.2, 0.25) is 5.82 Å². The molecule has 2 heterocycles. The Morgan fingerprint density at radius 3 is 2.64 bits per heavy atom. The van der Waals surface area contributed by atoms with Crippen LogP contribution >= 0.6 is 0 Å². The van der Waals surface area contributed by atoms with Crippen molar-refractivity contribution in [1.82, 2.24) is 15.0 Å². The standard InChI is InChI=1S/C15H7F4N3/c16-9-2-1-3-10-13(9)12-7(5-20-10)4-11-8(12)6-21-14(22-11)15(17,18)19/h1-3,5-6H,4H2. The summed E-state index contributed by atoms with van der Waals surface area (Å²) in [6.07, 6.45) is -1.75. The van der Waals surface area contributed by atoms with E-state index in [1.807, 2.05) is 0 Å². The summed E-state index contributed by atoms with van der Waals surface area (Å²) in [5.41, 5.74) is 2.31. The zero-order valence-electron chi connectivity index (χ0n) is 10.9. The Bertz CT molecular complexity index is 919. The summed E-state index contributed by atoms with van der Waals surface area (Å²) in [4.78, 5) is 11.1. The second-order valence-corrected chi connectivity index (χ2v) is 5.02. The van der Waals surface area contributed by atoms with E-state index >= 15 is 0 Å². The molecule has 0 amide bonds. The monoisotopic (exact) mass is 305 g/mol. The van der Waals surface area contributed by atoms with E-state index in [9.17, 15) is 17.6 Å². The quantitative estimate of drug-likeness (QED) is 0.464. The van der Waals surface area contributed by atoms with E-state index in [0.29, 0.717) is 27.6 Å². The van der Waals surface area contributed by atoms with Crippen LogP contribution < -0.4 is 0 Å². The lowest BCUT2D eigenvalue weighted by Gasteiger charge is -2.08. The van der Waals surface area contributed by atoms with E-state index in [-0.39, 0.29) is 12.1 Å². The molecule has 0 fully saturated rings. The van der Waals surface area contributed by atoms with E-state index in [0.717, 1.165) is 6.20 Å². The first-order chi connectivity index (χ1) is 10.4. The highest BCUT2D eigenvalue weighted by molar-refractivity contribution is 5.98. The van der Waals surface area contributed by atoms with Crippen molar-refractivity contribution in [3.63, 3.8) is 0 Å². The average molecular weight is 305 g/mol. The van der Waals surface area contributed by atoms with Crippen molar-refractivity contribution in [2.24, 2.45) is 0 Å². The third kappa shape index (κ3) is 1.78. The Balaban J connectivity index is 2.01. The molecule has 0 saturated carbocycles. The van der Waals surface area contributed by atoms with Gasteiger partial charge in [-0.05, 0) is 17.7 Å². The molecule has 0 saturated heterocycles. The third-order valence-electron chi connectivity index (χ3n) is 3.67. The van der Waals surface area contributed by atoms with Gasteiger partial charge < -0.3 is 0 Å². The molecular formula is C15H7F4N3. The minimum atomic E-state index is -4.60. The molecule has 110 valence electrons. The zero-order chi connectivity index (χ0) is 15.5. The van der Waals surface area contributed by atoms with Gasteiger partial charge in [0.05, 0.1) is 11.2 Å². The fraction of sp³-hybridized carbons (Fsp3) is 0.133. The van der Waals surface area contributed by atoms with Crippen molar-refractivity contribution < 1.29 is 17.6 Å². The topological polar surface area (TPSA) is 38.7 Å². The van der Waals surface area contributed by atoms with Crippen LogP contribution in [0, 0.1) is 5.82 Å². The van der Waals surface area contributed by atoms with Crippen LogP contribution in [0.15, 0.2) is 30.6 Å². The molecule has 3 aromatic rings. The number of pyridine rings is 1. The molecule has 4 rings (SSSR count). The Kier molecular flexibility index (Phi) is 2.52. The molecule has 3 nitrogen and oxygen atoms in total. The summed E-state index contributed by atoms with van der Waals surface area (Å²) in [6.45, 7) is 0. The highest BCUT2D eigenvalue weighted by Gasteiger charge is 2.36. The van der Waals surface area contributed by atoms with Gasteiger partial charge in [0.15, 0.2) is 0 Å². The van der Waals surface area contributed by atoms with Gasteiger partial charge in [0.25, 0.3) is 0 Å². The van der Waals surface area contributed by atoms with Crippen LogP contribution in [0.3, 0.4) is 0 Å². The van der Waals surface area contributed by atoms with Crippen molar-refractivity contribution in [2.75, 3.05) is 0 Å². The van der Waals surface area contributed by atoms with Gasteiger partial charge in [0.1, 0.15) is 5.82 Å². The number of hydrogen-bond acceptors (Lipinski definition) is 3. The van der Waals surface area contributed by atoms with Gasteiger partial charge in [-0.3, -0.25) is 4.98 Å². The van der Waals surface area contributed by atoms with E-state index in [4.69, 9.17) is 0 Å². The maximum Gasteiger partial charge on any atom is 0.451 e. The Labute approximate surface area is 121 Å². The molecule has 0 bridgehead atoms. The Morgan fingerprint density at radius 1 is 1.05 bits per heavy atom. The van der Waals surface area contributed by atoms with Crippen LogP contribution in [0.4, 0.5) is 17.6 Å². The highest BCUT2D eigenvalue weighted by Crippen LogP contribution is 2.41. The summed E-state index contributed by atoms with van der Waals surface area (Å²) >= 11 is 0. The Morgan fingerprint density at radius 2 is 1.86 bits per heavy atom. The molecule has 0 unspecified atom stereocenters. The number of halogens is 4. The second kappa shape index (κ2) is 4.22. The summed E-state index contributed by atoms with van der Waals surface area (Å²) in [6, 6.07) is 4.49. The van der Waals surface area contributed by atoms with Crippen LogP contribution in [0.5, 0.6) is 0 Å². The van der Waals surface area contributed by atoms with Crippen LogP contribution in [0.2, 0.25) is 0 Å². The molecule has 2 aromatic heterocycles. The van der Waals surface area contributed by atoms with Gasteiger partial charge in [0, 0.05) is 35.3 Å². The molecular weight excluding hydrogens is 298 g/mol. The predicted octanol–water partition coefficient (Wildman–Crippen LogP) is 3.75. The second-order valence-electron chi connectivity index (χ2n) is 5.02. The lowest BCUT2D eigenvalue weighted by molar-refractivity contribution is -0.145. The van der Waals surface area contributed by atoms with Crippen molar-refractivity contribution in [3.05, 3.63) is 53.5 Å². The van der Waals surface area contributed by atoms with Crippen LogP contribution in [0.25, 0.3) is 22.0 Å². The number of rotatable bonds is 0. The van der Waals surface area contributed by atoms with Crippen molar-refractivity contribution in [2.45, 2.75) is 12.6 Å². The molecule has 1 aromatic carbocycles. The first-order valence-corrected chi connectivity index (χ1v) is 6.45. The van der Waals surface area contributed by atoms with E-state index in [1.54, 1.807) is 12.3 Å². The summed E-state index contributed by atoms with van der Waals surface area (Å²) in [5.74, 6) is -1.65. The van der Waals surface area contributed by atoms with E-state index in [1.165, 1.54) is 12.1 Å². The molecule has 22 heavy (non-hydrogen) atoms. The minimum absolute atomic E-state index is 0.188. The fourth-order valence-electron chi connectivity index (χ4n) is 2.76. The number of nitrogens with zero attached hydrogens (tertiary/aromatic N) is 3. The molecule has 0 spiro atoms. The van der Waals surface area contributed by atoms with Gasteiger partial charge >= 0.3 is 6.18 Å². The predicted molar refractivity (Wildman–Crippen MR) is 70.5 cm³/mol. The third-order valence-corrected chi connectivity index (χ3v) is 3.67. The number of hydrogen-bond donors (Lipinski definition) is 0. The van der Waals surface area contributed by atoms with E-state index < -0.39 is 17.8 Å². The minimum Gasteiger partial charge on any atom is -0.256 e. The average Bonchev–Trinajstić information content (AvgIpc) is 2.84. The van der Waals surface area contributed by atoms with Crippen LogP contribution in [-0.4, -0.2) is 15.0 Å². The lowest BCUT2D eigenvalue weighted by Crippen LogP contribution is -2.12. The number of aromatic nitrogens is 3. The number of benzene rings is 1. The summed E-state index contributed by atoms with van der Waals surface area (Å²) < 4.78 is 52.3. The smallest absolute Gasteiger partial charge is 0.256 e. The van der Waals surface area contributed by atoms with Gasteiger partial charge in [-0.2, -0.15) is 13.2 Å². The fourth-order valence-corrected chi connectivity index (χ4v) is 2.76. The van der Waals surface area contributed by atoms with Crippen molar-refractivity contribution in [1.29, 1.82) is 0 Å². The maximum absolute atomic E-state index is 14.1. The first kappa shape index (κ1) is 13.1. The normalized spacial score (nSPS) is 13.3. The molecule has 7 heteroatoms. The van der Waals surface area contributed by atoms with Crippen LogP contribution in [-0.2, 0) is 12.6 Å². The lowest BCUT2D eigenvalue weighted by atomic mass is 10.0. The summed E-state index contributed by atoms with van der Waals surface area (Å²) in [7, 11) is 0. The molecule has 0 radical (unpaired) electrons. The molecule has 1 aliphatic carbocycles. The Hall–Kier alpha value is -2.57. The number of fused-ring (bicyclic) bond motifs is 5. The van der Waals surface area contributed by atoms with Crippen LogP contribution in [0.1, 0.15) is 17.1 Å². The highest BCUT2D eigenvalue weighted by atomic mass is 19.4. The first-order valence-electron chi connectivity index (χ1n) is 6.45. The molecule has 0 atom stereocenters. The molecule has 1 aliphatic rings. The van der Waals surface area contributed by atoms with Gasteiger partial charge in [-0.15, -0.1) is 0 Å². The largest absolute Gasteiger partial charge is 0.451 e. The van der Waals surface area contributed by atoms with Gasteiger partial charge in [-0.25, -0.2) is 14.4 Å². The van der Waals surface area contributed by atoms with Gasteiger partial charge in [-0.1, -0.05) is 6.07 Å². The summed E-state index contributed by atoms with van der Waals surface area (Å²) in [5, 5.41) is 0.294.